The number of likely N-dealkylation sites (tertiary alicyclic amines) is 1. The molecule has 0 aromatic carbocycles. The number of nitrogens with zero attached hydrogens (tertiary/aromatic N) is 5. The number of aromatic nitrogens is 3. The fourth-order valence-corrected chi connectivity index (χ4v) is 3.94. The van der Waals surface area contributed by atoms with Crippen LogP contribution < -0.4 is 15.8 Å². The molecule has 1 fully saturated rings. The topological polar surface area (TPSA) is 113 Å². The number of carboxylic acid groups (broad SMARTS) is 1. The Labute approximate surface area is 187 Å². The molecule has 2 aromatic rings. The molecule has 1 saturated heterocycles. The number of hydrogen-bond acceptors (Lipinski definition) is 7. The average molecular weight is 445 g/mol. The van der Waals surface area contributed by atoms with E-state index in [1.165, 1.54) is 9.47 Å². The van der Waals surface area contributed by atoms with Gasteiger partial charge in [-0.15, -0.1) is 0 Å². The third-order valence-electron chi connectivity index (χ3n) is 5.74. The van der Waals surface area contributed by atoms with Crippen LogP contribution in [-0.4, -0.2) is 76.6 Å². The zero-order chi connectivity index (χ0) is 23.6. The van der Waals surface area contributed by atoms with Gasteiger partial charge in [0.15, 0.2) is 0 Å². The quantitative estimate of drug-likeness (QED) is 0.666. The molecule has 174 valence electrons. The average Bonchev–Trinajstić information content (AvgIpc) is 3.15. The molecule has 0 unspecified atom stereocenters. The van der Waals surface area contributed by atoms with Crippen molar-refractivity contribution in [3.63, 3.8) is 0 Å². The highest BCUT2D eigenvalue weighted by Gasteiger charge is 2.37. The monoisotopic (exact) mass is 444 g/mol. The lowest BCUT2D eigenvalue weighted by molar-refractivity contribution is 0.0629. The number of hydrogen-bond donors (Lipinski definition) is 2. The Morgan fingerprint density at radius 3 is 2.62 bits per heavy atom. The SMILES string of the molecule is CCO[C@H]1CN(C(=O)O)C[C@H]1Nc1c(CC)nc(-c2cnc(N(C)C)cc2C)n(C)c1=O. The minimum absolute atomic E-state index is 0.216. The van der Waals surface area contributed by atoms with Crippen molar-refractivity contribution in [1.29, 1.82) is 0 Å². The highest BCUT2D eigenvalue weighted by molar-refractivity contribution is 5.66. The third kappa shape index (κ3) is 4.55. The van der Waals surface area contributed by atoms with Crippen LogP contribution in [-0.2, 0) is 18.2 Å². The van der Waals surface area contributed by atoms with Gasteiger partial charge in [0.05, 0.1) is 24.4 Å². The molecule has 3 heterocycles. The van der Waals surface area contributed by atoms with Gasteiger partial charge in [0.1, 0.15) is 17.3 Å². The molecule has 2 aromatic heterocycles. The van der Waals surface area contributed by atoms with Gasteiger partial charge in [-0.1, -0.05) is 6.92 Å². The molecule has 10 nitrogen and oxygen atoms in total. The number of anilines is 2. The molecule has 0 spiro atoms. The summed E-state index contributed by atoms with van der Waals surface area (Å²) >= 11 is 0. The van der Waals surface area contributed by atoms with Crippen LogP contribution in [0.25, 0.3) is 11.4 Å². The van der Waals surface area contributed by atoms with E-state index in [1.54, 1.807) is 13.2 Å². The maximum atomic E-state index is 13.4. The molecule has 32 heavy (non-hydrogen) atoms. The van der Waals surface area contributed by atoms with Crippen LogP contribution in [0.1, 0.15) is 25.1 Å². The Kier molecular flexibility index (Phi) is 7.02. The van der Waals surface area contributed by atoms with E-state index in [0.29, 0.717) is 30.2 Å². The minimum Gasteiger partial charge on any atom is -0.465 e. The lowest BCUT2D eigenvalue weighted by Crippen LogP contribution is -2.38. The van der Waals surface area contributed by atoms with E-state index in [-0.39, 0.29) is 30.8 Å². The van der Waals surface area contributed by atoms with Crippen LogP contribution in [0.4, 0.5) is 16.3 Å². The molecule has 10 heteroatoms. The maximum absolute atomic E-state index is 13.4. The Hall–Kier alpha value is -3.14. The lowest BCUT2D eigenvalue weighted by atomic mass is 10.1. The molecule has 0 aliphatic carbocycles. The Bertz CT molecular complexity index is 1050. The molecular formula is C22H32N6O4. The van der Waals surface area contributed by atoms with Gasteiger partial charge in [-0.3, -0.25) is 9.36 Å². The number of aryl methyl sites for hydroxylation is 2. The number of carbonyl (C=O) groups is 1. The molecule has 1 aliphatic heterocycles. The molecule has 2 N–H and O–H groups in total. The summed E-state index contributed by atoms with van der Waals surface area (Å²) in [5, 5.41) is 12.6. The van der Waals surface area contributed by atoms with Crippen LogP contribution in [0.5, 0.6) is 0 Å². The summed E-state index contributed by atoms with van der Waals surface area (Å²) in [6.45, 7) is 6.74. The summed E-state index contributed by atoms with van der Waals surface area (Å²) in [7, 11) is 5.54. The molecule has 1 aliphatic rings. The van der Waals surface area contributed by atoms with E-state index in [4.69, 9.17) is 9.72 Å². The predicted molar refractivity (Wildman–Crippen MR) is 124 cm³/mol. The summed E-state index contributed by atoms with van der Waals surface area (Å²) in [5.41, 5.74) is 2.56. The second kappa shape index (κ2) is 9.56. The van der Waals surface area contributed by atoms with Gasteiger partial charge in [-0.05, 0) is 31.9 Å². The number of ether oxygens (including phenoxy) is 1. The van der Waals surface area contributed by atoms with E-state index >= 15 is 0 Å². The molecule has 3 rings (SSSR count). The number of amides is 1. The molecule has 1 amide bonds. The highest BCUT2D eigenvalue weighted by Crippen LogP contribution is 2.25. The standard InChI is InChI=1S/C22H32N6O4/c1-7-15-19(24-16-11-28(22(30)31)12-17(16)32-8-2)21(29)27(6)20(25-15)14-10-23-18(26(4)5)9-13(14)3/h9-10,16-17,24H,7-8,11-12H2,1-6H3,(H,30,31)/t16-,17+/m1/s1. The largest absolute Gasteiger partial charge is 0.465 e. The van der Waals surface area contributed by atoms with E-state index in [9.17, 15) is 14.7 Å². The summed E-state index contributed by atoms with van der Waals surface area (Å²) in [6, 6.07) is 1.63. The zero-order valence-electron chi connectivity index (χ0n) is 19.5. The second-order valence-corrected chi connectivity index (χ2v) is 8.16. The van der Waals surface area contributed by atoms with Gasteiger partial charge in [0.25, 0.3) is 5.56 Å². The predicted octanol–water partition coefficient (Wildman–Crippen LogP) is 1.96. The van der Waals surface area contributed by atoms with Crippen LogP contribution in [0.3, 0.4) is 0 Å². The van der Waals surface area contributed by atoms with Gasteiger partial charge in [-0.25, -0.2) is 14.8 Å². The first-order chi connectivity index (χ1) is 15.2. The van der Waals surface area contributed by atoms with Crippen molar-refractivity contribution < 1.29 is 14.6 Å². The fraction of sp³-hybridized carbons (Fsp3) is 0.545. The summed E-state index contributed by atoms with van der Waals surface area (Å²) in [6.07, 6.45) is 0.948. The van der Waals surface area contributed by atoms with Crippen molar-refractivity contribution in [3.05, 3.63) is 33.9 Å². The summed E-state index contributed by atoms with van der Waals surface area (Å²) in [5.74, 6) is 1.38. The van der Waals surface area contributed by atoms with Crippen LogP contribution in [0, 0.1) is 6.92 Å². The van der Waals surface area contributed by atoms with Crippen molar-refractivity contribution in [1.82, 2.24) is 19.4 Å². The summed E-state index contributed by atoms with van der Waals surface area (Å²) in [4.78, 5) is 37.3. The number of pyridine rings is 1. The first-order valence-electron chi connectivity index (χ1n) is 10.8. The molecule has 2 atom stereocenters. The van der Waals surface area contributed by atoms with Crippen molar-refractivity contribution in [2.75, 3.05) is 44.0 Å². The van der Waals surface area contributed by atoms with Crippen molar-refractivity contribution in [2.45, 2.75) is 39.3 Å². The first-order valence-corrected chi connectivity index (χ1v) is 10.8. The number of rotatable bonds is 7. The zero-order valence-corrected chi connectivity index (χ0v) is 19.5. The number of nitrogens with one attached hydrogen (secondary N) is 1. The Morgan fingerprint density at radius 1 is 1.34 bits per heavy atom. The van der Waals surface area contributed by atoms with Gasteiger partial charge < -0.3 is 25.0 Å². The second-order valence-electron chi connectivity index (χ2n) is 8.16. The third-order valence-corrected chi connectivity index (χ3v) is 5.74. The molecule has 0 saturated carbocycles. The van der Waals surface area contributed by atoms with Crippen molar-refractivity contribution in [3.8, 4) is 11.4 Å². The van der Waals surface area contributed by atoms with Crippen molar-refractivity contribution in [2.24, 2.45) is 7.05 Å². The van der Waals surface area contributed by atoms with E-state index in [0.717, 1.165) is 16.9 Å². The fourth-order valence-electron chi connectivity index (χ4n) is 3.94. The van der Waals surface area contributed by atoms with Gasteiger partial charge in [0.2, 0.25) is 0 Å². The van der Waals surface area contributed by atoms with E-state index in [2.05, 4.69) is 10.3 Å². The maximum Gasteiger partial charge on any atom is 0.407 e. The Balaban J connectivity index is 2.00. The molecular weight excluding hydrogens is 412 g/mol. The van der Waals surface area contributed by atoms with Gasteiger partial charge in [-0.2, -0.15) is 0 Å². The van der Waals surface area contributed by atoms with Crippen LogP contribution in [0.15, 0.2) is 17.1 Å². The minimum atomic E-state index is -1.000. The normalized spacial score (nSPS) is 18.1. The Morgan fingerprint density at radius 2 is 2.06 bits per heavy atom. The van der Waals surface area contributed by atoms with E-state index < -0.39 is 6.09 Å². The van der Waals surface area contributed by atoms with Gasteiger partial charge >= 0.3 is 6.09 Å². The molecule has 0 bridgehead atoms. The smallest absolute Gasteiger partial charge is 0.407 e. The van der Waals surface area contributed by atoms with Crippen LogP contribution >= 0.6 is 0 Å². The summed E-state index contributed by atoms with van der Waals surface area (Å²) < 4.78 is 7.26. The first kappa shape index (κ1) is 23.5. The van der Waals surface area contributed by atoms with Gasteiger partial charge in [0, 0.05) is 46.1 Å². The van der Waals surface area contributed by atoms with Crippen LogP contribution in [0.2, 0.25) is 0 Å². The van der Waals surface area contributed by atoms with E-state index in [1.807, 2.05) is 45.8 Å². The van der Waals surface area contributed by atoms with Crippen molar-refractivity contribution >= 4 is 17.6 Å². The highest BCUT2D eigenvalue weighted by atomic mass is 16.5. The molecule has 0 radical (unpaired) electrons. The lowest BCUT2D eigenvalue weighted by Gasteiger charge is -2.22.